The van der Waals surface area contributed by atoms with Gasteiger partial charge >= 0.3 is 6.09 Å². The number of carbonyl (C=O) groups excluding carboxylic acids is 3. The van der Waals surface area contributed by atoms with Crippen molar-refractivity contribution in [2.45, 2.75) is 111 Å². The number of benzene rings is 1. The van der Waals surface area contributed by atoms with Crippen LogP contribution >= 0.6 is 11.8 Å². The van der Waals surface area contributed by atoms with Gasteiger partial charge in [-0.1, -0.05) is 44.0 Å². The smallest absolute Gasteiger partial charge is 0.408 e. The summed E-state index contributed by atoms with van der Waals surface area (Å²) in [7, 11) is 0. The minimum atomic E-state index is -0.836. The van der Waals surface area contributed by atoms with E-state index in [4.69, 9.17) is 4.74 Å². The van der Waals surface area contributed by atoms with Gasteiger partial charge in [0, 0.05) is 12.1 Å². The predicted molar refractivity (Wildman–Crippen MR) is 154 cm³/mol. The minimum absolute atomic E-state index is 0.212. The normalized spacial score (nSPS) is 13.5. The number of hydrogen-bond donors (Lipinski definition) is 2. The van der Waals surface area contributed by atoms with Gasteiger partial charge < -0.3 is 20.3 Å². The largest absolute Gasteiger partial charge is 0.444 e. The molecule has 7 nitrogen and oxygen atoms in total. The van der Waals surface area contributed by atoms with Crippen LogP contribution in [0.1, 0.15) is 96.9 Å². The van der Waals surface area contributed by atoms with Crippen molar-refractivity contribution in [3.63, 3.8) is 0 Å². The number of nitrogens with one attached hydrogen (secondary N) is 2. The Bertz CT molecular complexity index is 911. The molecule has 0 heterocycles. The number of thioether (sulfide) groups is 1. The number of amides is 3. The van der Waals surface area contributed by atoms with E-state index in [1.165, 1.54) is 0 Å². The zero-order valence-corrected chi connectivity index (χ0v) is 25.4. The molecule has 0 aliphatic carbocycles. The van der Waals surface area contributed by atoms with Gasteiger partial charge in [0.25, 0.3) is 0 Å². The molecule has 1 aromatic carbocycles. The van der Waals surface area contributed by atoms with Crippen LogP contribution in [0.5, 0.6) is 0 Å². The number of carbonyl (C=O) groups is 3. The van der Waals surface area contributed by atoms with Crippen LogP contribution in [-0.2, 0) is 14.3 Å². The maximum Gasteiger partial charge on any atom is 0.408 e. The molecule has 2 unspecified atom stereocenters. The lowest BCUT2D eigenvalue weighted by atomic mass is 9.89. The molecule has 0 aliphatic rings. The molecule has 0 aliphatic heterocycles. The van der Waals surface area contributed by atoms with Crippen molar-refractivity contribution in [2.75, 3.05) is 18.6 Å². The average Bonchev–Trinajstić information content (AvgIpc) is 2.79. The summed E-state index contributed by atoms with van der Waals surface area (Å²) in [6.45, 7) is 17.9. The zero-order valence-electron chi connectivity index (χ0n) is 24.6. The lowest BCUT2D eigenvalue weighted by Gasteiger charge is -2.45. The highest BCUT2D eigenvalue weighted by molar-refractivity contribution is 7.98. The first-order valence-corrected chi connectivity index (χ1v) is 14.7. The fraction of sp³-hybridized carbons (Fsp3) is 0.690. The fourth-order valence-corrected chi connectivity index (χ4v) is 4.54. The second kappa shape index (κ2) is 14.6. The highest BCUT2D eigenvalue weighted by Crippen LogP contribution is 2.34. The summed E-state index contributed by atoms with van der Waals surface area (Å²) in [5, 5.41) is 5.87. The van der Waals surface area contributed by atoms with Crippen LogP contribution in [0.4, 0.5) is 4.79 Å². The van der Waals surface area contributed by atoms with Crippen LogP contribution in [0.15, 0.2) is 18.2 Å². The third-order valence-corrected chi connectivity index (χ3v) is 7.05. The Kier molecular flexibility index (Phi) is 13.0. The first-order chi connectivity index (χ1) is 17.2. The van der Waals surface area contributed by atoms with Crippen LogP contribution in [0.25, 0.3) is 0 Å². The standard InChI is InChI=1S/C29H49N3O4S/c1-11-13-17-30-25(33)24(22-15-14-20(3)19-21(22)4)32(29(8,9)12-2)26(34)23(16-18-37-10)31-27(35)36-28(5,6)7/h14-15,19,23-24H,11-13,16-18H2,1-10H3,(H,30,33)(H,31,35). The molecule has 0 saturated heterocycles. The van der Waals surface area contributed by atoms with E-state index >= 15 is 0 Å². The first-order valence-electron chi connectivity index (χ1n) is 13.3. The molecule has 0 saturated carbocycles. The summed E-state index contributed by atoms with van der Waals surface area (Å²) >= 11 is 1.60. The highest BCUT2D eigenvalue weighted by atomic mass is 32.2. The van der Waals surface area contributed by atoms with Crippen LogP contribution < -0.4 is 10.6 Å². The summed E-state index contributed by atoms with van der Waals surface area (Å²) < 4.78 is 5.47. The predicted octanol–water partition coefficient (Wildman–Crippen LogP) is 5.92. The summed E-state index contributed by atoms with van der Waals surface area (Å²) in [5.74, 6) is 0.169. The van der Waals surface area contributed by atoms with Crippen molar-refractivity contribution in [1.29, 1.82) is 0 Å². The third-order valence-electron chi connectivity index (χ3n) is 6.41. The number of rotatable bonds is 13. The Balaban J connectivity index is 3.63. The van der Waals surface area contributed by atoms with Gasteiger partial charge in [-0.15, -0.1) is 0 Å². The van der Waals surface area contributed by atoms with Gasteiger partial charge in [0.1, 0.15) is 17.7 Å². The summed E-state index contributed by atoms with van der Waals surface area (Å²) in [6.07, 6.45) is 4.18. The van der Waals surface area contributed by atoms with Crippen LogP contribution in [-0.4, -0.2) is 58.5 Å². The third kappa shape index (κ3) is 10.2. The Hall–Kier alpha value is -2.22. The molecule has 3 amide bonds. The number of aryl methyl sites for hydroxylation is 2. The van der Waals surface area contributed by atoms with E-state index in [1.54, 1.807) is 37.4 Å². The molecule has 0 fully saturated rings. The molecule has 8 heteroatoms. The van der Waals surface area contributed by atoms with Gasteiger partial charge in [-0.3, -0.25) is 9.59 Å². The fourth-order valence-electron chi connectivity index (χ4n) is 4.07. The van der Waals surface area contributed by atoms with Crippen molar-refractivity contribution in [1.82, 2.24) is 15.5 Å². The van der Waals surface area contributed by atoms with Gasteiger partial charge in [0.2, 0.25) is 11.8 Å². The number of unbranched alkanes of at least 4 members (excludes halogenated alkanes) is 1. The molecule has 210 valence electrons. The van der Waals surface area contributed by atoms with Crippen molar-refractivity contribution in [2.24, 2.45) is 0 Å². The molecule has 37 heavy (non-hydrogen) atoms. The van der Waals surface area contributed by atoms with Crippen LogP contribution in [0.3, 0.4) is 0 Å². The topological polar surface area (TPSA) is 87.7 Å². The second-order valence-electron chi connectivity index (χ2n) is 11.3. The molecular formula is C29H49N3O4S. The van der Waals surface area contributed by atoms with E-state index in [2.05, 4.69) is 17.6 Å². The molecule has 2 atom stereocenters. The Morgan fingerprint density at radius 3 is 2.24 bits per heavy atom. The number of ether oxygens (including phenoxy) is 1. The van der Waals surface area contributed by atoms with Gasteiger partial charge in [0.15, 0.2) is 0 Å². The molecule has 0 spiro atoms. The van der Waals surface area contributed by atoms with Crippen molar-refractivity contribution in [3.8, 4) is 0 Å². The van der Waals surface area contributed by atoms with Crippen molar-refractivity contribution in [3.05, 3.63) is 34.9 Å². The molecule has 0 aromatic heterocycles. The monoisotopic (exact) mass is 535 g/mol. The van der Waals surface area contributed by atoms with Gasteiger partial charge in [-0.05, 0) is 90.9 Å². The second-order valence-corrected chi connectivity index (χ2v) is 12.2. The van der Waals surface area contributed by atoms with Crippen LogP contribution in [0, 0.1) is 13.8 Å². The van der Waals surface area contributed by atoms with E-state index in [0.717, 1.165) is 29.5 Å². The lowest BCUT2D eigenvalue weighted by molar-refractivity contribution is -0.149. The molecule has 1 rings (SSSR count). The molecular weight excluding hydrogens is 486 g/mol. The maximum absolute atomic E-state index is 14.3. The van der Waals surface area contributed by atoms with E-state index < -0.39 is 29.3 Å². The Morgan fingerprint density at radius 1 is 1.08 bits per heavy atom. The van der Waals surface area contributed by atoms with Crippen molar-refractivity contribution >= 4 is 29.7 Å². The van der Waals surface area contributed by atoms with Gasteiger partial charge in [-0.25, -0.2) is 4.79 Å². The minimum Gasteiger partial charge on any atom is -0.444 e. The summed E-state index contributed by atoms with van der Waals surface area (Å²) in [6, 6.07) is 4.29. The number of nitrogens with zero attached hydrogens (tertiary/aromatic N) is 1. The van der Waals surface area contributed by atoms with E-state index in [0.29, 0.717) is 25.1 Å². The van der Waals surface area contributed by atoms with E-state index in [1.807, 2.05) is 59.1 Å². The van der Waals surface area contributed by atoms with E-state index in [-0.39, 0.29) is 11.8 Å². The SMILES string of the molecule is CCCCNC(=O)C(c1ccc(C)cc1C)N(C(=O)C(CCSC)NC(=O)OC(C)(C)C)C(C)(C)CC. The average molecular weight is 536 g/mol. The maximum atomic E-state index is 14.3. The Labute approximate surface area is 228 Å². The van der Waals surface area contributed by atoms with E-state index in [9.17, 15) is 14.4 Å². The molecule has 0 bridgehead atoms. The van der Waals surface area contributed by atoms with Crippen LogP contribution in [0.2, 0.25) is 0 Å². The number of hydrogen-bond acceptors (Lipinski definition) is 5. The van der Waals surface area contributed by atoms with Crippen molar-refractivity contribution < 1.29 is 19.1 Å². The summed E-state index contributed by atoms with van der Waals surface area (Å²) in [5.41, 5.74) is 1.47. The quantitative estimate of drug-likeness (QED) is 0.306. The summed E-state index contributed by atoms with van der Waals surface area (Å²) in [4.78, 5) is 42.6. The molecule has 0 radical (unpaired) electrons. The Morgan fingerprint density at radius 2 is 1.73 bits per heavy atom. The van der Waals surface area contributed by atoms with Gasteiger partial charge in [-0.2, -0.15) is 11.8 Å². The molecule has 1 aromatic rings. The number of alkyl carbamates (subject to hydrolysis) is 1. The molecule has 2 N–H and O–H groups in total. The highest BCUT2D eigenvalue weighted by Gasteiger charge is 2.43. The lowest BCUT2D eigenvalue weighted by Crippen LogP contribution is -2.59. The first kappa shape index (κ1) is 32.8. The van der Waals surface area contributed by atoms with Gasteiger partial charge in [0.05, 0.1) is 0 Å². The zero-order chi connectivity index (χ0) is 28.4.